The van der Waals surface area contributed by atoms with Crippen molar-refractivity contribution in [1.29, 1.82) is 0 Å². The van der Waals surface area contributed by atoms with Gasteiger partial charge in [-0.05, 0) is 55.7 Å². The van der Waals surface area contributed by atoms with Gasteiger partial charge in [-0.2, -0.15) is 0 Å². The molecule has 2 aliphatic heterocycles. The zero-order chi connectivity index (χ0) is 21.4. The van der Waals surface area contributed by atoms with Gasteiger partial charge in [0.05, 0.1) is 5.92 Å². The molecule has 0 saturated carbocycles. The molecule has 2 aliphatic rings. The van der Waals surface area contributed by atoms with E-state index in [2.05, 4.69) is 5.32 Å². The highest BCUT2D eigenvalue weighted by Gasteiger charge is 2.36. The fraction of sp³-hybridized carbons (Fsp3) is 0.375. The second-order valence-electron chi connectivity index (χ2n) is 8.17. The topological polar surface area (TPSA) is 69.7 Å². The Morgan fingerprint density at radius 3 is 2.67 bits per heavy atom. The fourth-order valence-corrected chi connectivity index (χ4v) is 4.33. The number of hydrogen-bond acceptors (Lipinski definition) is 3. The van der Waals surface area contributed by atoms with Crippen molar-refractivity contribution in [1.82, 2.24) is 0 Å². The molecule has 2 aromatic rings. The Morgan fingerprint density at radius 2 is 1.93 bits per heavy atom. The number of amides is 3. The zero-order valence-corrected chi connectivity index (χ0v) is 17.7. The third kappa shape index (κ3) is 3.70. The molecule has 2 heterocycles. The minimum atomic E-state index is -0.385. The summed E-state index contributed by atoms with van der Waals surface area (Å²) >= 11 is 0. The van der Waals surface area contributed by atoms with Crippen LogP contribution in [-0.2, 0) is 20.8 Å². The van der Waals surface area contributed by atoms with Gasteiger partial charge in [-0.1, -0.05) is 24.6 Å². The first kappa shape index (κ1) is 20.1. The summed E-state index contributed by atoms with van der Waals surface area (Å²) in [6.07, 6.45) is 1.46. The van der Waals surface area contributed by atoms with Crippen molar-refractivity contribution in [2.75, 3.05) is 28.2 Å². The minimum absolute atomic E-state index is 0.0461. The van der Waals surface area contributed by atoms with Crippen LogP contribution in [0.4, 0.5) is 17.1 Å². The molecule has 0 spiro atoms. The summed E-state index contributed by atoms with van der Waals surface area (Å²) in [5.74, 6) is -0.444. The van der Waals surface area contributed by atoms with Crippen LogP contribution < -0.4 is 15.1 Å². The van der Waals surface area contributed by atoms with Crippen LogP contribution in [0.3, 0.4) is 0 Å². The van der Waals surface area contributed by atoms with Crippen molar-refractivity contribution in [3.8, 4) is 0 Å². The van der Waals surface area contributed by atoms with E-state index in [4.69, 9.17) is 0 Å². The Morgan fingerprint density at radius 1 is 1.13 bits per heavy atom. The number of nitrogens with one attached hydrogen (secondary N) is 1. The quantitative estimate of drug-likeness (QED) is 0.845. The molecule has 0 aliphatic carbocycles. The summed E-state index contributed by atoms with van der Waals surface area (Å²) in [6, 6.07) is 11.7. The number of aryl methyl sites for hydroxylation is 2. The number of anilines is 3. The second-order valence-corrected chi connectivity index (χ2v) is 8.17. The molecule has 156 valence electrons. The maximum absolute atomic E-state index is 12.8. The maximum Gasteiger partial charge on any atom is 0.229 e. The van der Waals surface area contributed by atoms with E-state index in [1.807, 2.05) is 62.1 Å². The van der Waals surface area contributed by atoms with Crippen molar-refractivity contribution in [3.05, 3.63) is 53.1 Å². The highest BCUT2D eigenvalue weighted by Crippen LogP contribution is 2.34. The lowest BCUT2D eigenvalue weighted by atomic mass is 10.1. The van der Waals surface area contributed by atoms with Gasteiger partial charge >= 0.3 is 0 Å². The Bertz CT molecular complexity index is 1030. The molecule has 0 unspecified atom stereocenters. The molecule has 3 amide bonds. The molecule has 6 heteroatoms. The number of fused-ring (bicyclic) bond motifs is 1. The number of carbonyl (C=O) groups is 3. The predicted molar refractivity (Wildman–Crippen MR) is 118 cm³/mol. The standard InChI is InChI=1S/C24H27N3O3/c1-4-22(28)26-10-9-17-12-19(6-8-21(17)26)27-14-18(13-23(27)29)24(30)25-20-7-5-15(2)11-16(20)3/h5-8,11-12,18H,4,9-10,13-14H2,1-3H3,(H,25,30)/t18-/m0/s1. The molecule has 30 heavy (non-hydrogen) atoms. The average Bonchev–Trinajstić information content (AvgIpc) is 3.32. The third-order valence-electron chi connectivity index (χ3n) is 6.01. The first-order chi connectivity index (χ1) is 14.4. The number of nitrogens with zero attached hydrogens (tertiary/aromatic N) is 2. The summed E-state index contributed by atoms with van der Waals surface area (Å²) in [6.45, 7) is 6.89. The van der Waals surface area contributed by atoms with E-state index in [0.717, 1.165) is 40.2 Å². The van der Waals surface area contributed by atoms with Gasteiger partial charge in [0.15, 0.2) is 0 Å². The van der Waals surface area contributed by atoms with E-state index in [1.54, 1.807) is 4.90 Å². The van der Waals surface area contributed by atoms with Gasteiger partial charge in [0.25, 0.3) is 0 Å². The van der Waals surface area contributed by atoms with Crippen LogP contribution in [-0.4, -0.2) is 30.8 Å². The van der Waals surface area contributed by atoms with Gasteiger partial charge in [-0.15, -0.1) is 0 Å². The normalized spacial score (nSPS) is 18.0. The molecule has 0 bridgehead atoms. The Balaban J connectivity index is 1.47. The summed E-state index contributed by atoms with van der Waals surface area (Å²) in [4.78, 5) is 41.0. The summed E-state index contributed by atoms with van der Waals surface area (Å²) in [7, 11) is 0. The van der Waals surface area contributed by atoms with Gasteiger partial charge in [0, 0.05) is 43.0 Å². The molecule has 1 saturated heterocycles. The number of benzene rings is 2. The van der Waals surface area contributed by atoms with Crippen LogP contribution in [0.2, 0.25) is 0 Å². The smallest absolute Gasteiger partial charge is 0.229 e. The average molecular weight is 405 g/mol. The summed E-state index contributed by atoms with van der Waals surface area (Å²) in [5, 5.41) is 2.98. The molecule has 0 radical (unpaired) electrons. The molecule has 1 N–H and O–H groups in total. The van der Waals surface area contributed by atoms with Crippen LogP contribution in [0.25, 0.3) is 0 Å². The van der Waals surface area contributed by atoms with Crippen LogP contribution in [0, 0.1) is 19.8 Å². The van der Waals surface area contributed by atoms with E-state index in [0.29, 0.717) is 19.5 Å². The van der Waals surface area contributed by atoms with Gasteiger partial charge in [-0.25, -0.2) is 0 Å². The van der Waals surface area contributed by atoms with Crippen LogP contribution in [0.5, 0.6) is 0 Å². The van der Waals surface area contributed by atoms with E-state index < -0.39 is 0 Å². The van der Waals surface area contributed by atoms with E-state index in [-0.39, 0.29) is 30.1 Å². The number of carbonyl (C=O) groups excluding carboxylic acids is 3. The Labute approximate surface area is 176 Å². The molecule has 4 rings (SSSR count). The Hall–Kier alpha value is -3.15. The van der Waals surface area contributed by atoms with Crippen molar-refractivity contribution in [2.24, 2.45) is 5.92 Å². The van der Waals surface area contributed by atoms with Gasteiger partial charge in [0.2, 0.25) is 17.7 Å². The first-order valence-electron chi connectivity index (χ1n) is 10.5. The van der Waals surface area contributed by atoms with Gasteiger partial charge in [-0.3, -0.25) is 14.4 Å². The number of hydrogen-bond donors (Lipinski definition) is 1. The highest BCUT2D eigenvalue weighted by molar-refractivity contribution is 6.04. The highest BCUT2D eigenvalue weighted by atomic mass is 16.2. The molecule has 1 atom stereocenters. The first-order valence-corrected chi connectivity index (χ1v) is 10.5. The second kappa shape index (κ2) is 7.94. The van der Waals surface area contributed by atoms with Crippen molar-refractivity contribution in [3.63, 3.8) is 0 Å². The lowest BCUT2D eigenvalue weighted by Gasteiger charge is -2.20. The molecule has 2 aromatic carbocycles. The third-order valence-corrected chi connectivity index (χ3v) is 6.01. The lowest BCUT2D eigenvalue weighted by Crippen LogP contribution is -2.28. The Kier molecular flexibility index (Phi) is 5.33. The largest absolute Gasteiger partial charge is 0.326 e. The van der Waals surface area contributed by atoms with Crippen molar-refractivity contribution >= 4 is 34.8 Å². The molecule has 1 fully saturated rings. The summed E-state index contributed by atoms with van der Waals surface area (Å²) < 4.78 is 0. The van der Waals surface area contributed by atoms with Crippen molar-refractivity contribution < 1.29 is 14.4 Å². The summed E-state index contributed by atoms with van der Waals surface area (Å²) in [5.41, 5.74) is 5.74. The molecule has 6 nitrogen and oxygen atoms in total. The molecule has 0 aromatic heterocycles. The van der Waals surface area contributed by atoms with Crippen LogP contribution in [0.1, 0.15) is 36.5 Å². The molecular weight excluding hydrogens is 378 g/mol. The zero-order valence-electron chi connectivity index (χ0n) is 17.7. The van der Waals surface area contributed by atoms with E-state index >= 15 is 0 Å². The fourth-order valence-electron chi connectivity index (χ4n) is 4.33. The maximum atomic E-state index is 12.8. The van der Waals surface area contributed by atoms with Gasteiger partial charge in [0.1, 0.15) is 0 Å². The van der Waals surface area contributed by atoms with E-state index in [1.165, 1.54) is 0 Å². The minimum Gasteiger partial charge on any atom is -0.326 e. The SMILES string of the molecule is CCC(=O)N1CCc2cc(N3C[C@@H](C(=O)Nc4ccc(C)cc4C)CC3=O)ccc21. The number of rotatable bonds is 4. The van der Waals surface area contributed by atoms with Crippen LogP contribution in [0.15, 0.2) is 36.4 Å². The molecular formula is C24H27N3O3. The predicted octanol–water partition coefficient (Wildman–Crippen LogP) is 3.59. The monoisotopic (exact) mass is 405 g/mol. The van der Waals surface area contributed by atoms with Crippen LogP contribution >= 0.6 is 0 Å². The lowest BCUT2D eigenvalue weighted by molar-refractivity contribution is -0.122. The van der Waals surface area contributed by atoms with Gasteiger partial charge < -0.3 is 15.1 Å². The van der Waals surface area contributed by atoms with E-state index in [9.17, 15) is 14.4 Å². The van der Waals surface area contributed by atoms with Crippen molar-refractivity contribution in [2.45, 2.75) is 40.0 Å².